The molecule has 0 aliphatic carbocycles. The van der Waals surface area contributed by atoms with Crippen LogP contribution < -0.4 is 5.32 Å². The Bertz CT molecular complexity index is 661. The highest BCUT2D eigenvalue weighted by Crippen LogP contribution is 2.32. The Kier molecular flexibility index (Phi) is 3.95. The van der Waals surface area contributed by atoms with Crippen LogP contribution >= 0.6 is 11.8 Å². The number of hydrogen-bond donors (Lipinski definition) is 1. The third-order valence-electron chi connectivity index (χ3n) is 3.90. The van der Waals surface area contributed by atoms with Crippen LogP contribution in [-0.4, -0.2) is 40.2 Å². The first kappa shape index (κ1) is 15.1. The van der Waals surface area contributed by atoms with Crippen molar-refractivity contribution in [1.29, 1.82) is 0 Å². The lowest BCUT2D eigenvalue weighted by atomic mass is 10.0. The zero-order valence-electron chi connectivity index (χ0n) is 13.0. The zero-order valence-corrected chi connectivity index (χ0v) is 13.8. The predicted octanol–water partition coefficient (Wildman–Crippen LogP) is 2.25. The first-order chi connectivity index (χ1) is 10.5. The highest BCUT2D eigenvalue weighted by Gasteiger charge is 2.40. The lowest BCUT2D eigenvalue weighted by molar-refractivity contribution is -0.127. The summed E-state index contributed by atoms with van der Waals surface area (Å²) >= 11 is 1.40. The molecule has 1 fully saturated rings. The Morgan fingerprint density at radius 2 is 2.05 bits per heavy atom. The fourth-order valence-electron chi connectivity index (χ4n) is 2.95. The number of nitrogens with one attached hydrogen (secondary N) is 1. The molecule has 0 spiro atoms. The molecule has 22 heavy (non-hydrogen) atoms. The van der Waals surface area contributed by atoms with Gasteiger partial charge in [-0.25, -0.2) is 0 Å². The third-order valence-corrected chi connectivity index (χ3v) is 5.12. The molecule has 2 aliphatic rings. The van der Waals surface area contributed by atoms with Gasteiger partial charge in [-0.2, -0.15) is 0 Å². The number of aliphatic imine (C=N–C) groups is 1. The van der Waals surface area contributed by atoms with Gasteiger partial charge in [0.2, 0.25) is 11.8 Å². The average Bonchev–Trinajstić information content (AvgIpc) is 2.99. The second kappa shape index (κ2) is 5.76. The SMILES string of the molecule is Cc1cc(C)c(NC(=O)CC2SC3=NCCN3C2=O)c(C)c1. The molecule has 6 heteroatoms. The largest absolute Gasteiger partial charge is 0.326 e. The van der Waals surface area contributed by atoms with E-state index in [1.807, 2.05) is 32.9 Å². The fourth-order valence-corrected chi connectivity index (χ4v) is 4.14. The van der Waals surface area contributed by atoms with E-state index in [4.69, 9.17) is 0 Å². The molecular formula is C16H19N3O2S. The van der Waals surface area contributed by atoms with Crippen LogP contribution in [0.15, 0.2) is 17.1 Å². The summed E-state index contributed by atoms with van der Waals surface area (Å²) < 4.78 is 0. The van der Waals surface area contributed by atoms with E-state index in [1.54, 1.807) is 4.90 Å². The van der Waals surface area contributed by atoms with Crippen LogP contribution in [0.25, 0.3) is 0 Å². The minimum absolute atomic E-state index is 0.00810. The Hall–Kier alpha value is -1.82. The summed E-state index contributed by atoms with van der Waals surface area (Å²) in [4.78, 5) is 30.5. The molecule has 0 aromatic heterocycles. The molecule has 2 amide bonds. The molecule has 1 saturated heterocycles. The zero-order chi connectivity index (χ0) is 15.9. The minimum atomic E-state index is -0.342. The number of amides is 2. The highest BCUT2D eigenvalue weighted by molar-refractivity contribution is 8.15. The molecule has 3 rings (SSSR count). The van der Waals surface area contributed by atoms with Gasteiger partial charge < -0.3 is 5.32 Å². The van der Waals surface area contributed by atoms with Crippen molar-refractivity contribution < 1.29 is 9.59 Å². The van der Waals surface area contributed by atoms with Crippen molar-refractivity contribution in [3.05, 3.63) is 28.8 Å². The van der Waals surface area contributed by atoms with Crippen molar-refractivity contribution in [3.8, 4) is 0 Å². The van der Waals surface area contributed by atoms with E-state index in [0.717, 1.165) is 22.0 Å². The number of aryl methyl sites for hydroxylation is 3. The number of benzene rings is 1. The Labute approximate surface area is 134 Å². The number of fused-ring (bicyclic) bond motifs is 1. The van der Waals surface area contributed by atoms with Gasteiger partial charge in [0.05, 0.1) is 6.54 Å². The standard InChI is InChI=1S/C16H19N3O2S/c1-9-6-10(2)14(11(3)7-9)18-13(20)8-12-15(21)19-5-4-17-16(19)22-12/h6-7,12H,4-5,8H2,1-3H3,(H,18,20). The first-order valence-electron chi connectivity index (χ1n) is 7.36. The molecule has 5 nitrogen and oxygen atoms in total. The van der Waals surface area contributed by atoms with E-state index in [-0.39, 0.29) is 23.5 Å². The lowest BCUT2D eigenvalue weighted by Crippen LogP contribution is -2.32. The summed E-state index contributed by atoms with van der Waals surface area (Å²) in [5.41, 5.74) is 4.11. The van der Waals surface area contributed by atoms with Crippen LogP contribution in [0, 0.1) is 20.8 Å². The molecule has 0 saturated carbocycles. The van der Waals surface area contributed by atoms with Gasteiger partial charge in [0, 0.05) is 18.7 Å². The maximum Gasteiger partial charge on any atom is 0.242 e. The third kappa shape index (κ3) is 2.75. The fraction of sp³-hybridized carbons (Fsp3) is 0.438. The monoisotopic (exact) mass is 317 g/mol. The van der Waals surface area contributed by atoms with Crippen molar-refractivity contribution in [1.82, 2.24) is 4.90 Å². The van der Waals surface area contributed by atoms with Crippen molar-refractivity contribution >= 4 is 34.4 Å². The van der Waals surface area contributed by atoms with E-state index in [9.17, 15) is 9.59 Å². The van der Waals surface area contributed by atoms with E-state index < -0.39 is 0 Å². The molecule has 116 valence electrons. The second-order valence-corrected chi connectivity index (χ2v) is 6.96. The number of thioether (sulfide) groups is 1. The maximum atomic E-state index is 12.3. The number of hydrogen-bond acceptors (Lipinski definition) is 4. The van der Waals surface area contributed by atoms with Crippen molar-refractivity contribution in [3.63, 3.8) is 0 Å². The van der Waals surface area contributed by atoms with Crippen molar-refractivity contribution in [2.24, 2.45) is 4.99 Å². The maximum absolute atomic E-state index is 12.3. The van der Waals surface area contributed by atoms with Gasteiger partial charge in [0.15, 0.2) is 5.17 Å². The summed E-state index contributed by atoms with van der Waals surface area (Å²) in [5.74, 6) is -0.114. The van der Waals surface area contributed by atoms with Crippen LogP contribution in [0.4, 0.5) is 5.69 Å². The van der Waals surface area contributed by atoms with Crippen LogP contribution in [0.2, 0.25) is 0 Å². The molecule has 1 aromatic carbocycles. The summed E-state index contributed by atoms with van der Waals surface area (Å²) in [6.45, 7) is 7.32. The van der Waals surface area contributed by atoms with E-state index in [2.05, 4.69) is 10.3 Å². The molecule has 0 radical (unpaired) electrons. The van der Waals surface area contributed by atoms with Gasteiger partial charge in [-0.15, -0.1) is 0 Å². The summed E-state index contributed by atoms with van der Waals surface area (Å²) in [6.07, 6.45) is 0.186. The Balaban J connectivity index is 1.68. The van der Waals surface area contributed by atoms with E-state index in [1.165, 1.54) is 17.3 Å². The highest BCUT2D eigenvalue weighted by atomic mass is 32.2. The number of rotatable bonds is 3. The smallest absolute Gasteiger partial charge is 0.242 e. The van der Waals surface area contributed by atoms with E-state index in [0.29, 0.717) is 13.1 Å². The molecule has 1 unspecified atom stereocenters. The lowest BCUT2D eigenvalue weighted by Gasteiger charge is -2.14. The van der Waals surface area contributed by atoms with Gasteiger partial charge >= 0.3 is 0 Å². The topological polar surface area (TPSA) is 61.8 Å². The minimum Gasteiger partial charge on any atom is -0.326 e. The first-order valence-corrected chi connectivity index (χ1v) is 8.24. The van der Waals surface area contributed by atoms with Gasteiger partial charge in [-0.3, -0.25) is 19.5 Å². The quantitative estimate of drug-likeness (QED) is 0.930. The Morgan fingerprint density at radius 1 is 1.36 bits per heavy atom. The van der Waals surface area contributed by atoms with Crippen LogP contribution in [0.5, 0.6) is 0 Å². The number of nitrogens with zero attached hydrogens (tertiary/aromatic N) is 2. The van der Waals surface area contributed by atoms with Crippen molar-refractivity contribution in [2.75, 3.05) is 18.4 Å². The molecular weight excluding hydrogens is 298 g/mol. The molecule has 1 N–H and O–H groups in total. The molecule has 2 heterocycles. The van der Waals surface area contributed by atoms with Crippen LogP contribution in [-0.2, 0) is 9.59 Å². The van der Waals surface area contributed by atoms with Gasteiger partial charge in [0.1, 0.15) is 5.25 Å². The van der Waals surface area contributed by atoms with E-state index >= 15 is 0 Å². The summed E-state index contributed by atoms with van der Waals surface area (Å²) in [7, 11) is 0. The summed E-state index contributed by atoms with van der Waals surface area (Å²) in [6, 6.07) is 4.09. The van der Waals surface area contributed by atoms with Crippen LogP contribution in [0.3, 0.4) is 0 Å². The second-order valence-electron chi connectivity index (χ2n) is 5.79. The number of carbonyl (C=O) groups excluding carboxylic acids is 2. The summed E-state index contributed by atoms with van der Waals surface area (Å²) in [5, 5.41) is 3.38. The van der Waals surface area contributed by atoms with Crippen LogP contribution in [0.1, 0.15) is 23.1 Å². The molecule has 0 bridgehead atoms. The normalized spacial score (nSPS) is 20.1. The molecule has 2 aliphatic heterocycles. The van der Waals surface area contributed by atoms with Gasteiger partial charge in [-0.1, -0.05) is 29.5 Å². The number of amidine groups is 1. The number of anilines is 1. The van der Waals surface area contributed by atoms with Gasteiger partial charge in [-0.05, 0) is 31.9 Å². The predicted molar refractivity (Wildman–Crippen MR) is 89.3 cm³/mol. The Morgan fingerprint density at radius 3 is 2.68 bits per heavy atom. The average molecular weight is 317 g/mol. The molecule has 1 atom stereocenters. The molecule has 1 aromatic rings. The van der Waals surface area contributed by atoms with Gasteiger partial charge in [0.25, 0.3) is 0 Å². The van der Waals surface area contributed by atoms with Crippen molar-refractivity contribution in [2.45, 2.75) is 32.4 Å². The number of carbonyl (C=O) groups is 2.